The van der Waals surface area contributed by atoms with Gasteiger partial charge in [0.25, 0.3) is 0 Å². The summed E-state index contributed by atoms with van der Waals surface area (Å²) < 4.78 is 5.52. The van der Waals surface area contributed by atoms with Crippen LogP contribution in [0, 0.1) is 0 Å². The molecule has 1 aromatic carbocycles. The second kappa shape index (κ2) is 2.80. The molecule has 0 saturated heterocycles. The zero-order valence-corrected chi connectivity index (χ0v) is 7.47. The summed E-state index contributed by atoms with van der Waals surface area (Å²) in [7, 11) is 0. The number of nitrogens with zero attached hydrogens (tertiary/aromatic N) is 2. The number of rotatable bonds is 0. The second-order valence-corrected chi connectivity index (χ2v) is 3.18. The van der Waals surface area contributed by atoms with E-state index in [2.05, 4.69) is 22.1 Å². The lowest BCUT2D eigenvalue weighted by atomic mass is 10.0. The molecule has 0 unspecified atom stereocenters. The van der Waals surface area contributed by atoms with Crippen LogP contribution in [0.25, 0.3) is 11.3 Å². The smallest absolute Gasteiger partial charge is 0.164 e. The molecule has 0 fully saturated rings. The highest BCUT2D eigenvalue weighted by atomic mass is 16.5. The highest BCUT2D eigenvalue weighted by Gasteiger charge is 2.17. The number of hydrogen-bond acceptors (Lipinski definition) is 3. The van der Waals surface area contributed by atoms with Crippen molar-refractivity contribution in [3.05, 3.63) is 42.4 Å². The van der Waals surface area contributed by atoms with Gasteiger partial charge in [-0.1, -0.05) is 24.3 Å². The van der Waals surface area contributed by atoms with E-state index in [1.165, 1.54) is 5.56 Å². The van der Waals surface area contributed by atoms with Crippen LogP contribution in [-0.2, 0) is 6.61 Å². The quantitative estimate of drug-likeness (QED) is 0.628. The third kappa shape index (κ3) is 0.988. The predicted octanol–water partition coefficient (Wildman–Crippen LogP) is 2.04. The van der Waals surface area contributed by atoms with Crippen molar-refractivity contribution in [1.29, 1.82) is 0 Å². The molecule has 68 valence electrons. The summed E-state index contributed by atoms with van der Waals surface area (Å²) in [5.74, 6) is 0.770. The van der Waals surface area contributed by atoms with E-state index in [0.29, 0.717) is 6.61 Å². The molecule has 0 atom stereocenters. The fourth-order valence-electron chi connectivity index (χ4n) is 1.66. The molecule has 2 aromatic rings. The molecule has 0 spiro atoms. The lowest BCUT2D eigenvalue weighted by Gasteiger charge is -2.18. The predicted molar refractivity (Wildman–Crippen MR) is 51.8 cm³/mol. The maximum atomic E-state index is 5.52. The summed E-state index contributed by atoms with van der Waals surface area (Å²) in [5, 5.41) is 0. The molecule has 0 bridgehead atoms. The molecule has 0 saturated carbocycles. The van der Waals surface area contributed by atoms with Gasteiger partial charge >= 0.3 is 0 Å². The van der Waals surface area contributed by atoms with Gasteiger partial charge in [-0.3, -0.25) is 0 Å². The molecular weight excluding hydrogens is 176 g/mol. The van der Waals surface area contributed by atoms with E-state index < -0.39 is 0 Å². The van der Waals surface area contributed by atoms with Gasteiger partial charge in [-0.25, -0.2) is 9.97 Å². The first-order chi connectivity index (χ1) is 6.95. The molecule has 1 aromatic heterocycles. The van der Waals surface area contributed by atoms with Crippen LogP contribution in [0.2, 0.25) is 0 Å². The van der Waals surface area contributed by atoms with Crippen molar-refractivity contribution in [2.24, 2.45) is 0 Å². The Balaban J connectivity index is 2.29. The van der Waals surface area contributed by atoms with Gasteiger partial charge in [0.15, 0.2) is 5.75 Å². The minimum absolute atomic E-state index is 0.608. The van der Waals surface area contributed by atoms with E-state index in [1.54, 1.807) is 12.5 Å². The van der Waals surface area contributed by atoms with Crippen LogP contribution in [0.3, 0.4) is 0 Å². The van der Waals surface area contributed by atoms with E-state index >= 15 is 0 Å². The highest BCUT2D eigenvalue weighted by molar-refractivity contribution is 5.70. The largest absolute Gasteiger partial charge is 0.485 e. The van der Waals surface area contributed by atoms with Gasteiger partial charge in [-0.15, -0.1) is 0 Å². The van der Waals surface area contributed by atoms with Gasteiger partial charge in [-0.05, 0) is 5.56 Å². The van der Waals surface area contributed by atoms with E-state index in [-0.39, 0.29) is 0 Å². The molecule has 3 nitrogen and oxygen atoms in total. The maximum absolute atomic E-state index is 5.52. The van der Waals surface area contributed by atoms with Crippen molar-refractivity contribution in [2.75, 3.05) is 0 Å². The number of aromatic nitrogens is 2. The van der Waals surface area contributed by atoms with Gasteiger partial charge in [-0.2, -0.15) is 0 Å². The summed E-state index contributed by atoms with van der Waals surface area (Å²) in [6.07, 6.45) is 3.25. The van der Waals surface area contributed by atoms with Crippen molar-refractivity contribution < 1.29 is 4.74 Å². The number of fused-ring (bicyclic) bond motifs is 3. The zero-order chi connectivity index (χ0) is 9.38. The van der Waals surface area contributed by atoms with Crippen LogP contribution >= 0.6 is 0 Å². The Hall–Kier alpha value is -1.90. The monoisotopic (exact) mass is 184 g/mol. The molecule has 0 N–H and O–H groups in total. The highest BCUT2D eigenvalue weighted by Crippen LogP contribution is 2.34. The molecule has 1 aliphatic heterocycles. The maximum Gasteiger partial charge on any atom is 0.164 e. The Bertz CT molecular complexity index is 437. The SMILES string of the molecule is c1ccc2c(c1)COc1cncnc1-2. The Morgan fingerprint density at radius 3 is 3.14 bits per heavy atom. The van der Waals surface area contributed by atoms with E-state index in [0.717, 1.165) is 17.0 Å². The van der Waals surface area contributed by atoms with Crippen LogP contribution in [-0.4, -0.2) is 9.97 Å². The topological polar surface area (TPSA) is 35.0 Å². The van der Waals surface area contributed by atoms with Crippen LogP contribution in [0.1, 0.15) is 5.56 Å². The molecular formula is C11H8N2O. The normalized spacial score (nSPS) is 12.6. The molecule has 3 rings (SSSR count). The number of hydrogen-bond donors (Lipinski definition) is 0. The summed E-state index contributed by atoms with van der Waals surface area (Å²) in [5.41, 5.74) is 3.22. The van der Waals surface area contributed by atoms with Crippen molar-refractivity contribution in [3.63, 3.8) is 0 Å². The van der Waals surface area contributed by atoms with Crippen LogP contribution < -0.4 is 4.74 Å². The van der Waals surface area contributed by atoms with Crippen LogP contribution in [0.5, 0.6) is 5.75 Å². The fraction of sp³-hybridized carbons (Fsp3) is 0.0909. The zero-order valence-electron chi connectivity index (χ0n) is 7.47. The average Bonchev–Trinajstić information content (AvgIpc) is 2.29. The summed E-state index contributed by atoms with van der Waals surface area (Å²) >= 11 is 0. The minimum atomic E-state index is 0.608. The van der Waals surface area contributed by atoms with Crippen molar-refractivity contribution in [2.45, 2.75) is 6.61 Å². The van der Waals surface area contributed by atoms with Crippen LogP contribution in [0.15, 0.2) is 36.8 Å². The van der Waals surface area contributed by atoms with Gasteiger partial charge < -0.3 is 4.74 Å². The summed E-state index contributed by atoms with van der Waals surface area (Å²) in [6, 6.07) is 8.13. The van der Waals surface area contributed by atoms with E-state index in [1.807, 2.05) is 12.1 Å². The third-order valence-corrected chi connectivity index (χ3v) is 2.33. The first-order valence-corrected chi connectivity index (χ1v) is 4.46. The summed E-state index contributed by atoms with van der Waals surface area (Å²) in [6.45, 7) is 0.608. The Morgan fingerprint density at radius 2 is 2.14 bits per heavy atom. The lowest BCUT2D eigenvalue weighted by Crippen LogP contribution is -2.06. The van der Waals surface area contributed by atoms with E-state index in [9.17, 15) is 0 Å². The Morgan fingerprint density at radius 1 is 1.21 bits per heavy atom. The third-order valence-electron chi connectivity index (χ3n) is 2.33. The number of ether oxygens (including phenoxy) is 1. The Kier molecular flexibility index (Phi) is 1.50. The summed E-state index contributed by atoms with van der Waals surface area (Å²) in [4.78, 5) is 8.16. The molecule has 1 aliphatic rings. The van der Waals surface area contributed by atoms with Gasteiger partial charge in [0.1, 0.15) is 18.6 Å². The molecule has 0 amide bonds. The van der Waals surface area contributed by atoms with Gasteiger partial charge in [0.05, 0.1) is 6.20 Å². The van der Waals surface area contributed by atoms with Crippen molar-refractivity contribution in [3.8, 4) is 17.0 Å². The standard InChI is InChI=1S/C11H8N2O/c1-2-4-9-8(3-1)6-14-10-5-12-7-13-11(9)10/h1-5,7H,6H2. The lowest BCUT2D eigenvalue weighted by molar-refractivity contribution is 0.299. The minimum Gasteiger partial charge on any atom is -0.485 e. The molecule has 0 radical (unpaired) electrons. The van der Waals surface area contributed by atoms with Gasteiger partial charge in [0, 0.05) is 5.56 Å². The fourth-order valence-corrected chi connectivity index (χ4v) is 1.66. The molecule has 14 heavy (non-hydrogen) atoms. The Labute approximate surface area is 81.4 Å². The second-order valence-electron chi connectivity index (χ2n) is 3.18. The molecule has 0 aliphatic carbocycles. The molecule has 2 heterocycles. The molecule has 3 heteroatoms. The van der Waals surface area contributed by atoms with Crippen molar-refractivity contribution in [1.82, 2.24) is 9.97 Å². The van der Waals surface area contributed by atoms with Gasteiger partial charge in [0.2, 0.25) is 0 Å². The average molecular weight is 184 g/mol. The van der Waals surface area contributed by atoms with E-state index in [4.69, 9.17) is 4.74 Å². The van der Waals surface area contributed by atoms with Crippen LogP contribution in [0.4, 0.5) is 0 Å². The van der Waals surface area contributed by atoms with Crippen molar-refractivity contribution >= 4 is 0 Å². The first kappa shape index (κ1) is 7.50. The number of benzene rings is 1. The first-order valence-electron chi connectivity index (χ1n) is 4.46.